The molecule has 2 aromatic heterocycles. The predicted molar refractivity (Wildman–Crippen MR) is 71.8 cm³/mol. The molecular formula is C12H13ClN2O2S. The maximum atomic E-state index is 12.4. The summed E-state index contributed by atoms with van der Waals surface area (Å²) in [7, 11) is 1.55. The molecule has 0 aliphatic heterocycles. The molecule has 2 heterocycles. The quantitative estimate of drug-likeness (QED) is 0.792. The van der Waals surface area contributed by atoms with Crippen molar-refractivity contribution >= 4 is 28.7 Å². The summed E-state index contributed by atoms with van der Waals surface area (Å²) < 4.78 is 6.80. The Balaban J connectivity index is 2.42. The molecule has 0 aliphatic rings. The zero-order valence-electron chi connectivity index (χ0n) is 10.1. The van der Waals surface area contributed by atoms with Gasteiger partial charge in [-0.05, 0) is 17.9 Å². The molecule has 0 aliphatic carbocycles. The second-order valence-electron chi connectivity index (χ2n) is 3.71. The number of aryl methyl sites for hydroxylation is 1. The van der Waals surface area contributed by atoms with Gasteiger partial charge in [0.05, 0.1) is 18.3 Å². The first-order valence-corrected chi connectivity index (χ1v) is 6.82. The molecule has 18 heavy (non-hydrogen) atoms. The molecule has 0 spiro atoms. The highest BCUT2D eigenvalue weighted by molar-refractivity contribution is 7.12. The molecule has 4 nitrogen and oxygen atoms in total. The SMILES string of the molecule is CCCn1ncc(Cl)c1C(=O)c1sccc1OC. The van der Waals surface area contributed by atoms with E-state index in [1.54, 1.807) is 17.9 Å². The average Bonchev–Trinajstić information content (AvgIpc) is 2.96. The van der Waals surface area contributed by atoms with Gasteiger partial charge in [-0.3, -0.25) is 9.48 Å². The van der Waals surface area contributed by atoms with Crippen LogP contribution in [0.2, 0.25) is 5.02 Å². The summed E-state index contributed by atoms with van der Waals surface area (Å²) in [5.41, 5.74) is 0.430. The highest BCUT2D eigenvalue weighted by Crippen LogP contribution is 2.29. The van der Waals surface area contributed by atoms with Crippen molar-refractivity contribution in [2.75, 3.05) is 7.11 Å². The van der Waals surface area contributed by atoms with Crippen molar-refractivity contribution in [3.8, 4) is 5.75 Å². The van der Waals surface area contributed by atoms with Gasteiger partial charge in [-0.25, -0.2) is 0 Å². The normalized spacial score (nSPS) is 10.6. The zero-order chi connectivity index (χ0) is 13.1. The Morgan fingerprint density at radius 2 is 2.39 bits per heavy atom. The Hall–Kier alpha value is -1.33. The minimum atomic E-state index is -0.141. The Morgan fingerprint density at radius 1 is 1.61 bits per heavy atom. The van der Waals surface area contributed by atoms with Crippen LogP contribution in [0, 0.1) is 0 Å². The summed E-state index contributed by atoms with van der Waals surface area (Å²) in [5.74, 6) is 0.433. The molecule has 0 unspecified atom stereocenters. The Kier molecular flexibility index (Phi) is 4.04. The Bertz CT molecular complexity index is 562. The first-order valence-electron chi connectivity index (χ1n) is 5.56. The number of carbonyl (C=O) groups is 1. The molecule has 0 fully saturated rings. The highest BCUT2D eigenvalue weighted by Gasteiger charge is 2.23. The number of ether oxygens (including phenoxy) is 1. The maximum Gasteiger partial charge on any atom is 0.226 e. The molecule has 0 atom stereocenters. The fourth-order valence-corrected chi connectivity index (χ4v) is 2.73. The van der Waals surface area contributed by atoms with Crippen molar-refractivity contribution in [3.05, 3.63) is 33.2 Å². The van der Waals surface area contributed by atoms with E-state index < -0.39 is 0 Å². The summed E-state index contributed by atoms with van der Waals surface area (Å²) in [6.07, 6.45) is 2.39. The lowest BCUT2D eigenvalue weighted by atomic mass is 10.2. The standard InChI is InChI=1S/C12H13ClN2O2S/c1-3-5-15-10(8(13)7-14-15)11(16)12-9(17-2)4-6-18-12/h4,6-7H,3,5H2,1-2H3. The molecule has 0 aromatic carbocycles. The van der Waals surface area contributed by atoms with Crippen LogP contribution in [0.5, 0.6) is 5.75 Å². The third-order valence-corrected chi connectivity index (χ3v) is 3.67. The molecule has 6 heteroatoms. The maximum absolute atomic E-state index is 12.4. The second kappa shape index (κ2) is 5.54. The molecule has 0 saturated carbocycles. The van der Waals surface area contributed by atoms with Crippen LogP contribution < -0.4 is 4.74 Å². The van der Waals surface area contributed by atoms with Gasteiger partial charge in [-0.15, -0.1) is 11.3 Å². The summed E-state index contributed by atoms with van der Waals surface area (Å²) in [5, 5.41) is 6.32. The number of thiophene rings is 1. The Labute approximate surface area is 114 Å². The molecule has 0 N–H and O–H groups in total. The van der Waals surface area contributed by atoms with E-state index in [4.69, 9.17) is 16.3 Å². The number of carbonyl (C=O) groups excluding carboxylic acids is 1. The first-order chi connectivity index (χ1) is 8.69. The van der Waals surface area contributed by atoms with E-state index in [1.165, 1.54) is 17.5 Å². The minimum absolute atomic E-state index is 0.141. The van der Waals surface area contributed by atoms with Crippen molar-refractivity contribution < 1.29 is 9.53 Å². The lowest BCUT2D eigenvalue weighted by Gasteiger charge is -2.06. The molecule has 0 bridgehead atoms. The predicted octanol–water partition coefficient (Wildman–Crippen LogP) is 3.25. The third-order valence-electron chi connectivity index (χ3n) is 2.50. The van der Waals surface area contributed by atoms with Crippen LogP contribution in [0.25, 0.3) is 0 Å². The van der Waals surface area contributed by atoms with E-state index >= 15 is 0 Å². The van der Waals surface area contributed by atoms with Gasteiger partial charge in [-0.1, -0.05) is 18.5 Å². The summed E-state index contributed by atoms with van der Waals surface area (Å²) in [6.45, 7) is 2.69. The molecule has 96 valence electrons. The topological polar surface area (TPSA) is 44.1 Å². The molecular weight excluding hydrogens is 272 g/mol. The van der Waals surface area contributed by atoms with Gasteiger partial charge >= 0.3 is 0 Å². The van der Waals surface area contributed by atoms with Gasteiger partial charge in [0.15, 0.2) is 0 Å². The zero-order valence-corrected chi connectivity index (χ0v) is 11.7. The van der Waals surface area contributed by atoms with Crippen molar-refractivity contribution in [3.63, 3.8) is 0 Å². The number of rotatable bonds is 5. The van der Waals surface area contributed by atoms with Gasteiger partial charge in [0.1, 0.15) is 16.3 Å². The van der Waals surface area contributed by atoms with Gasteiger partial charge < -0.3 is 4.74 Å². The molecule has 2 aromatic rings. The lowest BCUT2D eigenvalue weighted by molar-refractivity contribution is 0.103. The van der Waals surface area contributed by atoms with E-state index in [0.717, 1.165) is 6.42 Å². The number of aromatic nitrogens is 2. The minimum Gasteiger partial charge on any atom is -0.495 e. The van der Waals surface area contributed by atoms with Crippen molar-refractivity contribution in [1.29, 1.82) is 0 Å². The van der Waals surface area contributed by atoms with Crippen LogP contribution >= 0.6 is 22.9 Å². The van der Waals surface area contributed by atoms with Crippen LogP contribution in [0.3, 0.4) is 0 Å². The average molecular weight is 285 g/mol. The molecule has 2 rings (SSSR count). The second-order valence-corrected chi connectivity index (χ2v) is 5.03. The van der Waals surface area contributed by atoms with Crippen molar-refractivity contribution in [2.24, 2.45) is 0 Å². The van der Waals surface area contributed by atoms with Gasteiger partial charge in [0, 0.05) is 6.54 Å². The number of nitrogens with zero attached hydrogens (tertiary/aromatic N) is 2. The van der Waals surface area contributed by atoms with Gasteiger partial charge in [-0.2, -0.15) is 5.10 Å². The van der Waals surface area contributed by atoms with E-state index in [9.17, 15) is 4.79 Å². The number of ketones is 1. The number of hydrogen-bond acceptors (Lipinski definition) is 4. The fraction of sp³-hybridized carbons (Fsp3) is 0.333. The number of halogens is 1. The summed E-state index contributed by atoms with van der Waals surface area (Å²) in [4.78, 5) is 13.0. The van der Waals surface area contributed by atoms with Crippen LogP contribution in [0.1, 0.15) is 28.7 Å². The van der Waals surface area contributed by atoms with Gasteiger partial charge in [0.2, 0.25) is 5.78 Å². The van der Waals surface area contributed by atoms with Crippen LogP contribution in [0.4, 0.5) is 0 Å². The van der Waals surface area contributed by atoms with Crippen LogP contribution in [-0.4, -0.2) is 22.7 Å². The number of methoxy groups -OCH3 is 1. The monoisotopic (exact) mass is 284 g/mol. The molecule has 0 radical (unpaired) electrons. The smallest absolute Gasteiger partial charge is 0.226 e. The number of hydrogen-bond donors (Lipinski definition) is 0. The third kappa shape index (κ3) is 2.28. The lowest BCUT2D eigenvalue weighted by Crippen LogP contribution is -2.11. The largest absolute Gasteiger partial charge is 0.495 e. The summed E-state index contributed by atoms with van der Waals surface area (Å²) >= 11 is 7.39. The van der Waals surface area contributed by atoms with Gasteiger partial charge in [0.25, 0.3) is 0 Å². The van der Waals surface area contributed by atoms with E-state index in [0.29, 0.717) is 27.9 Å². The van der Waals surface area contributed by atoms with E-state index in [2.05, 4.69) is 5.10 Å². The fourth-order valence-electron chi connectivity index (χ4n) is 1.70. The van der Waals surface area contributed by atoms with Crippen molar-refractivity contribution in [1.82, 2.24) is 9.78 Å². The Morgan fingerprint density at radius 3 is 3.06 bits per heavy atom. The van der Waals surface area contributed by atoms with Crippen molar-refractivity contribution in [2.45, 2.75) is 19.9 Å². The molecule has 0 saturated heterocycles. The van der Waals surface area contributed by atoms with Crippen LogP contribution in [-0.2, 0) is 6.54 Å². The van der Waals surface area contributed by atoms with Crippen LogP contribution in [0.15, 0.2) is 17.6 Å². The first kappa shape index (κ1) is 13.1. The summed E-state index contributed by atoms with van der Waals surface area (Å²) in [6, 6.07) is 1.77. The highest BCUT2D eigenvalue weighted by atomic mass is 35.5. The van der Waals surface area contributed by atoms with E-state index in [-0.39, 0.29) is 5.78 Å². The molecule has 0 amide bonds. The van der Waals surface area contributed by atoms with E-state index in [1.807, 2.05) is 12.3 Å².